The number of anilines is 2. The Morgan fingerprint density at radius 1 is 1.00 bits per heavy atom. The van der Waals surface area contributed by atoms with Gasteiger partial charge in [0.2, 0.25) is 5.95 Å². The lowest BCUT2D eigenvalue weighted by molar-refractivity contribution is -0.274. The molecule has 0 spiro atoms. The number of benzene rings is 1. The number of nitrogen functional groups attached to an aromatic ring is 1. The van der Waals surface area contributed by atoms with Gasteiger partial charge in [-0.05, 0) is 44.1 Å². The molecule has 1 aliphatic carbocycles. The van der Waals surface area contributed by atoms with Crippen molar-refractivity contribution in [2.45, 2.75) is 57.2 Å². The number of alkyl halides is 6. The monoisotopic (exact) mass is 463 g/mol. The summed E-state index contributed by atoms with van der Waals surface area (Å²) in [5.74, 6) is -1.41. The highest BCUT2D eigenvalue weighted by atomic mass is 19.4. The molecule has 1 heterocycles. The minimum Gasteiger partial charge on any atom is -0.405 e. The summed E-state index contributed by atoms with van der Waals surface area (Å²) in [5.41, 5.74) is 10.3. The zero-order valence-electron chi connectivity index (χ0n) is 16.9. The van der Waals surface area contributed by atoms with Gasteiger partial charge in [0.05, 0.1) is 5.69 Å². The first-order valence-electron chi connectivity index (χ1n) is 9.99. The molecule has 176 valence electrons. The summed E-state index contributed by atoms with van der Waals surface area (Å²) in [7, 11) is 0. The summed E-state index contributed by atoms with van der Waals surface area (Å²) in [6, 6.07) is 5.42. The van der Waals surface area contributed by atoms with E-state index in [9.17, 15) is 26.3 Å². The maximum atomic E-state index is 13.6. The lowest BCUT2D eigenvalue weighted by Gasteiger charge is -2.27. The molecule has 1 aliphatic rings. The van der Waals surface area contributed by atoms with Crippen molar-refractivity contribution in [3.63, 3.8) is 0 Å². The van der Waals surface area contributed by atoms with Crippen LogP contribution in [0.2, 0.25) is 0 Å². The second kappa shape index (κ2) is 9.39. The normalized spacial score (nSPS) is 19.6. The summed E-state index contributed by atoms with van der Waals surface area (Å²) < 4.78 is 82.5. The molecular formula is C20H23F6N5O. The zero-order chi connectivity index (χ0) is 23.5. The second-order valence-corrected chi connectivity index (χ2v) is 7.75. The van der Waals surface area contributed by atoms with E-state index in [1.54, 1.807) is 0 Å². The standard InChI is InChI=1S/C20H23F6N5O/c21-19(22,23)16-14(9-11-5-7-13(27)8-6-11)30-18(31-17(16)28)29-10-12-3-1-2-4-15(12)32-20(24,25)26/h1-4,11,13H,5-10,27H2,(H3,28,29,30,31)/t11-,13-. The van der Waals surface area contributed by atoms with Crippen molar-refractivity contribution in [1.29, 1.82) is 0 Å². The molecule has 2 aromatic rings. The Morgan fingerprint density at radius 3 is 2.28 bits per heavy atom. The fraction of sp³-hybridized carbons (Fsp3) is 0.500. The lowest BCUT2D eigenvalue weighted by atomic mass is 9.83. The van der Waals surface area contributed by atoms with E-state index in [0.717, 1.165) is 6.07 Å². The Hall–Kier alpha value is -2.76. The van der Waals surface area contributed by atoms with Crippen LogP contribution in [0.4, 0.5) is 38.1 Å². The van der Waals surface area contributed by atoms with Crippen molar-refractivity contribution >= 4 is 11.8 Å². The highest BCUT2D eigenvalue weighted by molar-refractivity contribution is 5.49. The van der Waals surface area contributed by atoms with Crippen molar-refractivity contribution in [3.05, 3.63) is 41.1 Å². The minimum atomic E-state index is -4.89. The third-order valence-corrected chi connectivity index (χ3v) is 5.30. The van der Waals surface area contributed by atoms with Crippen LogP contribution in [0.3, 0.4) is 0 Å². The Bertz CT molecular complexity index is 926. The van der Waals surface area contributed by atoms with Crippen molar-refractivity contribution in [2.75, 3.05) is 11.1 Å². The summed E-state index contributed by atoms with van der Waals surface area (Å²) >= 11 is 0. The average molecular weight is 463 g/mol. The van der Waals surface area contributed by atoms with E-state index >= 15 is 0 Å². The number of para-hydroxylation sites is 1. The Balaban J connectivity index is 1.83. The van der Waals surface area contributed by atoms with Gasteiger partial charge in [-0.2, -0.15) is 18.2 Å². The molecule has 1 fully saturated rings. The van der Waals surface area contributed by atoms with Gasteiger partial charge in [0.25, 0.3) is 0 Å². The van der Waals surface area contributed by atoms with Crippen molar-refractivity contribution in [1.82, 2.24) is 9.97 Å². The third kappa shape index (κ3) is 6.38. The summed E-state index contributed by atoms with van der Waals surface area (Å²) in [6.07, 6.45) is -6.80. The number of hydrogen-bond donors (Lipinski definition) is 3. The third-order valence-electron chi connectivity index (χ3n) is 5.30. The van der Waals surface area contributed by atoms with Crippen LogP contribution in [-0.2, 0) is 19.1 Å². The second-order valence-electron chi connectivity index (χ2n) is 7.75. The molecule has 0 amide bonds. The van der Waals surface area contributed by atoms with Crippen LogP contribution >= 0.6 is 0 Å². The predicted octanol–water partition coefficient (Wildman–Crippen LogP) is 4.65. The molecule has 0 saturated heterocycles. The molecule has 6 nitrogen and oxygen atoms in total. The first kappa shape index (κ1) is 23.9. The van der Waals surface area contributed by atoms with Crippen LogP contribution in [0.5, 0.6) is 5.75 Å². The van der Waals surface area contributed by atoms with Gasteiger partial charge in [0, 0.05) is 18.2 Å². The number of rotatable bonds is 6. The summed E-state index contributed by atoms with van der Waals surface area (Å²) in [4.78, 5) is 7.69. The number of nitrogens with one attached hydrogen (secondary N) is 1. The van der Waals surface area contributed by atoms with Gasteiger partial charge in [-0.1, -0.05) is 18.2 Å². The molecule has 1 aromatic carbocycles. The van der Waals surface area contributed by atoms with E-state index in [4.69, 9.17) is 11.5 Å². The molecule has 0 aliphatic heterocycles. The molecule has 1 aromatic heterocycles. The largest absolute Gasteiger partial charge is 0.573 e. The number of halogens is 6. The van der Waals surface area contributed by atoms with E-state index in [-0.39, 0.29) is 42.1 Å². The number of nitrogens with two attached hydrogens (primary N) is 2. The molecule has 0 bridgehead atoms. The molecule has 0 atom stereocenters. The Labute approximate surface area is 180 Å². The van der Waals surface area contributed by atoms with Crippen molar-refractivity contribution in [3.8, 4) is 5.75 Å². The molecular weight excluding hydrogens is 440 g/mol. The fourth-order valence-electron chi connectivity index (χ4n) is 3.78. The van der Waals surface area contributed by atoms with Gasteiger partial charge in [0.1, 0.15) is 17.1 Å². The van der Waals surface area contributed by atoms with Crippen molar-refractivity contribution < 1.29 is 31.1 Å². The first-order chi connectivity index (χ1) is 14.9. The van der Waals surface area contributed by atoms with E-state index in [1.807, 2.05) is 0 Å². The van der Waals surface area contributed by atoms with Crippen molar-refractivity contribution in [2.24, 2.45) is 11.7 Å². The highest BCUT2D eigenvalue weighted by Gasteiger charge is 2.39. The van der Waals surface area contributed by atoms with Crippen LogP contribution in [0, 0.1) is 5.92 Å². The molecule has 0 radical (unpaired) electrons. The van der Waals surface area contributed by atoms with E-state index in [0.29, 0.717) is 25.7 Å². The number of hydrogen-bond acceptors (Lipinski definition) is 6. The van der Waals surface area contributed by atoms with Gasteiger partial charge in [-0.15, -0.1) is 13.2 Å². The van der Waals surface area contributed by atoms with E-state index in [1.165, 1.54) is 18.2 Å². The minimum absolute atomic E-state index is 0.0287. The molecule has 32 heavy (non-hydrogen) atoms. The maximum absolute atomic E-state index is 13.6. The van der Waals surface area contributed by atoms with Gasteiger partial charge in [0.15, 0.2) is 0 Å². The van der Waals surface area contributed by atoms with Crippen LogP contribution in [0.25, 0.3) is 0 Å². The molecule has 5 N–H and O–H groups in total. The topological polar surface area (TPSA) is 99.1 Å². The van der Waals surface area contributed by atoms with Crippen LogP contribution in [-0.4, -0.2) is 22.4 Å². The zero-order valence-corrected chi connectivity index (χ0v) is 16.9. The number of ether oxygens (including phenoxy) is 1. The van der Waals surface area contributed by atoms with E-state index in [2.05, 4.69) is 20.0 Å². The van der Waals surface area contributed by atoms with Gasteiger partial charge in [-0.25, -0.2) is 4.98 Å². The average Bonchev–Trinajstić information content (AvgIpc) is 2.66. The van der Waals surface area contributed by atoms with Crippen LogP contribution < -0.4 is 21.5 Å². The number of aromatic nitrogens is 2. The van der Waals surface area contributed by atoms with Crippen LogP contribution in [0.1, 0.15) is 42.5 Å². The van der Waals surface area contributed by atoms with Gasteiger partial charge in [-0.3, -0.25) is 0 Å². The maximum Gasteiger partial charge on any atom is 0.573 e. The Kier molecular flexibility index (Phi) is 7.01. The SMILES string of the molecule is Nc1nc(NCc2ccccc2OC(F)(F)F)nc(C[C@H]2CC[C@H](N)CC2)c1C(F)(F)F. The molecule has 12 heteroatoms. The molecule has 3 rings (SSSR count). The summed E-state index contributed by atoms with van der Waals surface area (Å²) in [5, 5.41) is 2.65. The van der Waals surface area contributed by atoms with E-state index < -0.39 is 29.7 Å². The predicted molar refractivity (Wildman–Crippen MR) is 106 cm³/mol. The lowest BCUT2D eigenvalue weighted by Crippen LogP contribution is -2.28. The first-order valence-corrected chi connectivity index (χ1v) is 9.99. The smallest absolute Gasteiger partial charge is 0.405 e. The van der Waals surface area contributed by atoms with Gasteiger partial charge < -0.3 is 21.5 Å². The molecule has 0 unspecified atom stereocenters. The number of nitrogens with zero attached hydrogens (tertiary/aromatic N) is 2. The van der Waals surface area contributed by atoms with Crippen LogP contribution in [0.15, 0.2) is 24.3 Å². The fourth-order valence-corrected chi connectivity index (χ4v) is 3.78. The quantitative estimate of drug-likeness (QED) is 0.540. The summed E-state index contributed by atoms with van der Waals surface area (Å²) in [6.45, 7) is -0.214. The molecule has 1 saturated carbocycles. The Morgan fingerprint density at radius 2 is 1.66 bits per heavy atom. The highest BCUT2D eigenvalue weighted by Crippen LogP contribution is 2.38. The van der Waals surface area contributed by atoms with Gasteiger partial charge >= 0.3 is 12.5 Å².